The van der Waals surface area contributed by atoms with Crippen LogP contribution < -0.4 is 9.47 Å². The molecule has 1 N–H and O–H groups in total. The summed E-state index contributed by atoms with van der Waals surface area (Å²) in [5.74, 6) is 1.15. The van der Waals surface area contributed by atoms with Crippen LogP contribution in [-0.4, -0.2) is 44.6 Å². The van der Waals surface area contributed by atoms with Gasteiger partial charge >= 0.3 is 5.97 Å². The van der Waals surface area contributed by atoms with Crippen molar-refractivity contribution in [3.8, 4) is 11.5 Å². The first-order valence-electron chi connectivity index (χ1n) is 13.5. The topological polar surface area (TPSA) is 74.2 Å². The summed E-state index contributed by atoms with van der Waals surface area (Å²) in [6.07, 6.45) is 1.15. The SMILES string of the molecule is COc1ccc(C(OCC(O)CCCCOC(=O)c2ccccc2)(c2ccccc2)c2ccc(OC)cc2)cc1. The zero-order valence-corrected chi connectivity index (χ0v) is 23.0. The van der Waals surface area contributed by atoms with Crippen LogP contribution in [0.25, 0.3) is 0 Å². The fourth-order valence-electron chi connectivity index (χ4n) is 4.68. The van der Waals surface area contributed by atoms with Gasteiger partial charge in [-0.2, -0.15) is 0 Å². The Morgan fingerprint density at radius 1 is 0.700 bits per heavy atom. The lowest BCUT2D eigenvalue weighted by molar-refractivity contribution is -0.0408. The first-order valence-corrected chi connectivity index (χ1v) is 13.5. The quantitative estimate of drug-likeness (QED) is 0.113. The third-order valence-electron chi connectivity index (χ3n) is 6.84. The third-order valence-corrected chi connectivity index (χ3v) is 6.84. The monoisotopic (exact) mass is 540 g/mol. The van der Waals surface area contributed by atoms with Crippen molar-refractivity contribution in [3.05, 3.63) is 131 Å². The molecule has 0 amide bonds. The van der Waals surface area contributed by atoms with Crippen molar-refractivity contribution in [3.63, 3.8) is 0 Å². The highest BCUT2D eigenvalue weighted by Gasteiger charge is 2.38. The van der Waals surface area contributed by atoms with Gasteiger partial charge in [0.1, 0.15) is 17.1 Å². The Kier molecular flexibility index (Phi) is 10.3. The maximum atomic E-state index is 12.1. The molecule has 6 nitrogen and oxygen atoms in total. The molecule has 0 aliphatic heterocycles. The molecule has 0 fully saturated rings. The summed E-state index contributed by atoms with van der Waals surface area (Å²) in [5, 5.41) is 10.9. The number of esters is 1. The van der Waals surface area contributed by atoms with Crippen molar-refractivity contribution >= 4 is 5.97 Å². The number of benzene rings is 4. The molecule has 4 aromatic rings. The molecule has 0 radical (unpaired) electrons. The zero-order valence-electron chi connectivity index (χ0n) is 23.0. The molecule has 0 heterocycles. The van der Waals surface area contributed by atoms with Gasteiger partial charge in [0.25, 0.3) is 0 Å². The molecule has 4 aromatic carbocycles. The van der Waals surface area contributed by atoms with Crippen molar-refractivity contribution in [2.75, 3.05) is 27.4 Å². The van der Waals surface area contributed by atoms with E-state index in [1.807, 2.05) is 84.9 Å². The second-order valence-electron chi connectivity index (χ2n) is 9.47. The maximum Gasteiger partial charge on any atom is 0.338 e. The van der Waals surface area contributed by atoms with Gasteiger partial charge in [-0.15, -0.1) is 0 Å². The van der Waals surface area contributed by atoms with Crippen LogP contribution in [0.2, 0.25) is 0 Å². The highest BCUT2D eigenvalue weighted by atomic mass is 16.5. The van der Waals surface area contributed by atoms with Crippen LogP contribution in [0.5, 0.6) is 11.5 Å². The number of carbonyl (C=O) groups excluding carboxylic acids is 1. The van der Waals surface area contributed by atoms with Gasteiger partial charge in [-0.25, -0.2) is 4.79 Å². The number of aliphatic hydroxyl groups is 1. The van der Waals surface area contributed by atoms with Gasteiger partial charge in [0.2, 0.25) is 0 Å². The minimum Gasteiger partial charge on any atom is -0.497 e. The second kappa shape index (κ2) is 14.3. The maximum absolute atomic E-state index is 12.1. The van der Waals surface area contributed by atoms with Gasteiger partial charge < -0.3 is 24.1 Å². The van der Waals surface area contributed by atoms with Gasteiger partial charge in [0.15, 0.2) is 0 Å². The van der Waals surface area contributed by atoms with E-state index in [1.165, 1.54) is 0 Å². The fourth-order valence-corrected chi connectivity index (χ4v) is 4.68. The lowest BCUT2D eigenvalue weighted by atomic mass is 9.80. The van der Waals surface area contributed by atoms with E-state index in [0.717, 1.165) is 28.2 Å². The summed E-state index contributed by atoms with van der Waals surface area (Å²) in [6.45, 7) is 0.406. The van der Waals surface area contributed by atoms with Crippen LogP contribution in [0, 0.1) is 0 Å². The van der Waals surface area contributed by atoms with E-state index in [9.17, 15) is 9.90 Å². The second-order valence-corrected chi connectivity index (χ2v) is 9.47. The predicted octanol–water partition coefficient (Wildman–Crippen LogP) is 6.40. The molecule has 1 unspecified atom stereocenters. The van der Waals surface area contributed by atoms with Crippen LogP contribution in [0.15, 0.2) is 109 Å². The average molecular weight is 541 g/mol. The van der Waals surface area contributed by atoms with E-state index in [1.54, 1.807) is 38.5 Å². The molecule has 0 saturated heterocycles. The van der Waals surface area contributed by atoms with Crippen LogP contribution in [0.1, 0.15) is 46.3 Å². The van der Waals surface area contributed by atoms with E-state index in [0.29, 0.717) is 31.4 Å². The van der Waals surface area contributed by atoms with E-state index in [-0.39, 0.29) is 12.6 Å². The Bertz CT molecular complexity index is 1260. The molecule has 40 heavy (non-hydrogen) atoms. The Balaban J connectivity index is 1.49. The molecule has 0 saturated carbocycles. The Morgan fingerprint density at radius 3 is 1.73 bits per heavy atom. The van der Waals surface area contributed by atoms with Crippen LogP contribution in [0.3, 0.4) is 0 Å². The summed E-state index contributed by atoms with van der Waals surface area (Å²) in [6, 6.07) is 34.5. The molecule has 0 spiro atoms. The Morgan fingerprint density at radius 2 is 1.20 bits per heavy atom. The largest absolute Gasteiger partial charge is 0.497 e. The number of hydrogen-bond acceptors (Lipinski definition) is 6. The molecule has 1 atom stereocenters. The zero-order chi connectivity index (χ0) is 28.2. The van der Waals surface area contributed by atoms with Gasteiger partial charge in [-0.3, -0.25) is 0 Å². The first kappa shape index (κ1) is 28.9. The van der Waals surface area contributed by atoms with Crippen molar-refractivity contribution < 1.29 is 28.8 Å². The van der Waals surface area contributed by atoms with Crippen molar-refractivity contribution in [1.29, 1.82) is 0 Å². The number of hydrogen-bond donors (Lipinski definition) is 1. The van der Waals surface area contributed by atoms with Gasteiger partial charge in [-0.1, -0.05) is 72.8 Å². The van der Waals surface area contributed by atoms with E-state index < -0.39 is 11.7 Å². The smallest absolute Gasteiger partial charge is 0.338 e. The van der Waals surface area contributed by atoms with E-state index in [2.05, 4.69) is 0 Å². The Hall–Kier alpha value is -4.13. The third kappa shape index (κ3) is 7.08. The molecule has 0 aliphatic carbocycles. The number of aliphatic hydroxyl groups excluding tert-OH is 1. The van der Waals surface area contributed by atoms with Crippen molar-refractivity contribution in [1.82, 2.24) is 0 Å². The van der Waals surface area contributed by atoms with Crippen LogP contribution in [-0.2, 0) is 15.1 Å². The van der Waals surface area contributed by atoms with E-state index in [4.69, 9.17) is 18.9 Å². The summed E-state index contributed by atoms with van der Waals surface area (Å²) >= 11 is 0. The summed E-state index contributed by atoms with van der Waals surface area (Å²) in [4.78, 5) is 12.1. The average Bonchev–Trinajstić information content (AvgIpc) is 3.02. The summed E-state index contributed by atoms with van der Waals surface area (Å²) < 4.78 is 22.9. The van der Waals surface area contributed by atoms with Gasteiger partial charge in [0.05, 0.1) is 39.1 Å². The molecule has 4 rings (SSSR count). The molecule has 0 aromatic heterocycles. The normalized spacial score (nSPS) is 12.0. The molecular weight excluding hydrogens is 504 g/mol. The molecule has 6 heteroatoms. The molecule has 208 valence electrons. The van der Waals surface area contributed by atoms with Crippen LogP contribution >= 0.6 is 0 Å². The summed E-state index contributed by atoms with van der Waals surface area (Å²) in [5.41, 5.74) is 2.30. The number of unbranched alkanes of at least 4 members (excludes halogenated alkanes) is 1. The highest BCUT2D eigenvalue weighted by molar-refractivity contribution is 5.89. The molecule has 0 bridgehead atoms. The first-order chi connectivity index (χ1) is 19.6. The Labute approximate surface area is 236 Å². The minimum absolute atomic E-state index is 0.108. The lowest BCUT2D eigenvalue weighted by Crippen LogP contribution is -2.35. The van der Waals surface area contributed by atoms with Crippen molar-refractivity contribution in [2.24, 2.45) is 0 Å². The summed E-state index contributed by atoms with van der Waals surface area (Å²) in [7, 11) is 3.27. The molecular formula is C34H36O6. The van der Waals surface area contributed by atoms with Gasteiger partial charge in [0, 0.05) is 0 Å². The fraction of sp³-hybridized carbons (Fsp3) is 0.265. The van der Waals surface area contributed by atoms with Crippen LogP contribution in [0.4, 0.5) is 0 Å². The number of methoxy groups -OCH3 is 2. The van der Waals surface area contributed by atoms with Gasteiger partial charge in [-0.05, 0) is 72.4 Å². The predicted molar refractivity (Wildman–Crippen MR) is 155 cm³/mol. The lowest BCUT2D eigenvalue weighted by Gasteiger charge is -2.36. The standard InChI is InChI=1S/C34H36O6/c1-37-31-20-16-28(17-21-31)34(27-13-7-4-8-14-27,29-18-22-32(38-2)23-19-29)40-25-30(35)15-9-10-24-39-33(36)26-11-5-3-6-12-26/h3-8,11-14,16-23,30,35H,9-10,15,24-25H2,1-2H3. The van der Waals surface area contributed by atoms with E-state index >= 15 is 0 Å². The molecule has 0 aliphatic rings. The van der Waals surface area contributed by atoms with Crippen molar-refractivity contribution in [2.45, 2.75) is 31.0 Å². The number of carbonyl (C=O) groups is 1. The number of ether oxygens (including phenoxy) is 4. The highest BCUT2D eigenvalue weighted by Crippen LogP contribution is 2.41. The minimum atomic E-state index is -0.980. The number of rotatable bonds is 14.